The standard InChI is InChI=1S/C21H20N2O2/c1-13-14(9-16-12-22-18-7-5-4-6-17(16)18)8-15-10-20(24-2)21(25-3)11-19(15)23-13/h4-8,10-12,22H,9H2,1-3H3. The number of hydrogen-bond acceptors (Lipinski definition) is 3. The van der Waals surface area contributed by atoms with E-state index in [-0.39, 0.29) is 0 Å². The lowest BCUT2D eigenvalue weighted by atomic mass is 10.0. The first-order chi connectivity index (χ1) is 12.2. The lowest BCUT2D eigenvalue weighted by Gasteiger charge is -2.11. The van der Waals surface area contributed by atoms with E-state index in [1.54, 1.807) is 14.2 Å². The van der Waals surface area contributed by atoms with Gasteiger partial charge in [0.25, 0.3) is 0 Å². The fourth-order valence-electron chi connectivity index (χ4n) is 3.30. The van der Waals surface area contributed by atoms with Crippen molar-refractivity contribution >= 4 is 21.8 Å². The van der Waals surface area contributed by atoms with Gasteiger partial charge in [0.15, 0.2) is 11.5 Å². The molecule has 4 nitrogen and oxygen atoms in total. The molecule has 0 saturated carbocycles. The summed E-state index contributed by atoms with van der Waals surface area (Å²) < 4.78 is 10.8. The van der Waals surface area contributed by atoms with E-state index in [0.717, 1.165) is 34.3 Å². The Bertz CT molecular complexity index is 1070. The van der Waals surface area contributed by atoms with Gasteiger partial charge < -0.3 is 14.5 Å². The van der Waals surface area contributed by atoms with E-state index in [1.165, 1.54) is 16.5 Å². The highest BCUT2D eigenvalue weighted by Crippen LogP contribution is 2.33. The second-order valence-corrected chi connectivity index (χ2v) is 6.17. The molecule has 0 aliphatic heterocycles. The number of rotatable bonds is 4. The molecule has 0 saturated heterocycles. The summed E-state index contributed by atoms with van der Waals surface area (Å²) in [6.07, 6.45) is 2.93. The number of hydrogen-bond donors (Lipinski definition) is 1. The van der Waals surface area contributed by atoms with Crippen LogP contribution in [0.5, 0.6) is 11.5 Å². The predicted molar refractivity (Wildman–Crippen MR) is 101 cm³/mol. The van der Waals surface area contributed by atoms with E-state index in [0.29, 0.717) is 5.75 Å². The van der Waals surface area contributed by atoms with E-state index < -0.39 is 0 Å². The van der Waals surface area contributed by atoms with Crippen molar-refractivity contribution in [1.82, 2.24) is 9.97 Å². The van der Waals surface area contributed by atoms with Gasteiger partial charge >= 0.3 is 0 Å². The smallest absolute Gasteiger partial charge is 0.162 e. The third-order valence-corrected chi connectivity index (χ3v) is 4.67. The van der Waals surface area contributed by atoms with E-state index >= 15 is 0 Å². The lowest BCUT2D eigenvalue weighted by molar-refractivity contribution is 0.356. The molecule has 1 N–H and O–H groups in total. The lowest BCUT2D eigenvalue weighted by Crippen LogP contribution is -1.97. The van der Waals surface area contributed by atoms with Crippen LogP contribution in [0.4, 0.5) is 0 Å². The maximum atomic E-state index is 5.42. The Balaban J connectivity index is 1.80. The van der Waals surface area contributed by atoms with Crippen LogP contribution in [0.1, 0.15) is 16.8 Å². The predicted octanol–water partition coefficient (Wildman–Crippen LogP) is 4.63. The van der Waals surface area contributed by atoms with E-state index in [4.69, 9.17) is 14.5 Å². The molecule has 0 unspecified atom stereocenters. The summed E-state index contributed by atoms with van der Waals surface area (Å²) in [5.74, 6) is 1.42. The summed E-state index contributed by atoms with van der Waals surface area (Å²) in [5.41, 5.74) is 5.60. The number of nitrogens with one attached hydrogen (secondary N) is 1. The number of para-hydroxylation sites is 1. The number of nitrogens with zero attached hydrogens (tertiary/aromatic N) is 1. The first-order valence-corrected chi connectivity index (χ1v) is 8.27. The fourth-order valence-corrected chi connectivity index (χ4v) is 3.30. The summed E-state index contributed by atoms with van der Waals surface area (Å²) in [6.45, 7) is 2.06. The Morgan fingerprint density at radius 3 is 2.52 bits per heavy atom. The molecule has 2 aromatic carbocycles. The third-order valence-electron chi connectivity index (χ3n) is 4.67. The highest BCUT2D eigenvalue weighted by Gasteiger charge is 2.11. The zero-order chi connectivity index (χ0) is 17.4. The van der Waals surface area contributed by atoms with Crippen molar-refractivity contribution in [3.8, 4) is 11.5 Å². The minimum Gasteiger partial charge on any atom is -0.493 e. The zero-order valence-electron chi connectivity index (χ0n) is 14.6. The average Bonchev–Trinajstić information content (AvgIpc) is 3.04. The summed E-state index contributed by atoms with van der Waals surface area (Å²) in [6, 6.07) is 14.5. The molecule has 0 aliphatic rings. The van der Waals surface area contributed by atoms with Gasteiger partial charge in [-0.1, -0.05) is 18.2 Å². The van der Waals surface area contributed by atoms with Crippen molar-refractivity contribution < 1.29 is 9.47 Å². The molecule has 0 amide bonds. The molecular weight excluding hydrogens is 312 g/mol. The number of fused-ring (bicyclic) bond motifs is 2. The number of benzene rings is 2. The molecule has 0 aliphatic carbocycles. The van der Waals surface area contributed by atoms with Gasteiger partial charge in [-0.25, -0.2) is 0 Å². The normalized spacial score (nSPS) is 11.2. The van der Waals surface area contributed by atoms with Gasteiger partial charge in [-0.05, 0) is 36.2 Å². The van der Waals surface area contributed by atoms with Crippen LogP contribution in [0.25, 0.3) is 21.8 Å². The van der Waals surface area contributed by atoms with E-state index in [1.807, 2.05) is 18.2 Å². The van der Waals surface area contributed by atoms with Crippen LogP contribution in [0, 0.1) is 6.92 Å². The molecule has 0 spiro atoms. The molecule has 25 heavy (non-hydrogen) atoms. The first kappa shape index (κ1) is 15.5. The fraction of sp³-hybridized carbons (Fsp3) is 0.190. The number of aryl methyl sites for hydroxylation is 1. The minimum atomic E-state index is 0.700. The maximum Gasteiger partial charge on any atom is 0.162 e. The number of methoxy groups -OCH3 is 2. The molecule has 2 heterocycles. The van der Waals surface area contributed by atoms with Crippen molar-refractivity contribution in [3.63, 3.8) is 0 Å². The van der Waals surface area contributed by atoms with Crippen molar-refractivity contribution in [2.45, 2.75) is 13.3 Å². The largest absolute Gasteiger partial charge is 0.493 e. The molecule has 0 fully saturated rings. The number of aromatic nitrogens is 2. The molecule has 4 aromatic rings. The molecule has 4 rings (SSSR count). The second kappa shape index (κ2) is 6.13. The van der Waals surface area contributed by atoms with Crippen molar-refractivity contribution in [3.05, 3.63) is 65.5 Å². The second-order valence-electron chi connectivity index (χ2n) is 6.17. The Hall–Kier alpha value is -3.01. The number of pyridine rings is 1. The van der Waals surface area contributed by atoms with Crippen LogP contribution in [-0.4, -0.2) is 24.2 Å². The van der Waals surface area contributed by atoms with E-state index in [9.17, 15) is 0 Å². The van der Waals surface area contributed by atoms with Gasteiger partial charge in [-0.15, -0.1) is 0 Å². The van der Waals surface area contributed by atoms with Gasteiger partial charge in [0.05, 0.1) is 19.7 Å². The summed E-state index contributed by atoms with van der Waals surface area (Å²) in [4.78, 5) is 8.12. The number of ether oxygens (including phenoxy) is 2. The maximum absolute atomic E-state index is 5.42. The minimum absolute atomic E-state index is 0.700. The Morgan fingerprint density at radius 1 is 0.960 bits per heavy atom. The number of H-pyrrole nitrogens is 1. The zero-order valence-corrected chi connectivity index (χ0v) is 14.6. The van der Waals surface area contributed by atoms with Crippen LogP contribution in [0.2, 0.25) is 0 Å². The highest BCUT2D eigenvalue weighted by atomic mass is 16.5. The van der Waals surface area contributed by atoms with Gasteiger partial charge in [0.1, 0.15) is 0 Å². The van der Waals surface area contributed by atoms with E-state index in [2.05, 4.69) is 42.4 Å². The molecule has 4 heteroatoms. The molecular formula is C21H20N2O2. The molecule has 2 aromatic heterocycles. The summed E-state index contributed by atoms with van der Waals surface area (Å²) in [7, 11) is 3.29. The molecule has 126 valence electrons. The van der Waals surface area contributed by atoms with Gasteiger partial charge in [-0.3, -0.25) is 4.98 Å². The summed E-state index contributed by atoms with van der Waals surface area (Å²) >= 11 is 0. The Labute approximate surface area is 146 Å². The first-order valence-electron chi connectivity index (χ1n) is 8.27. The Morgan fingerprint density at radius 2 is 1.72 bits per heavy atom. The van der Waals surface area contributed by atoms with Gasteiger partial charge in [0, 0.05) is 40.7 Å². The quantitative estimate of drug-likeness (QED) is 0.592. The Kier molecular flexibility index (Phi) is 3.80. The molecule has 0 atom stereocenters. The molecule has 0 bridgehead atoms. The third kappa shape index (κ3) is 2.70. The summed E-state index contributed by atoms with van der Waals surface area (Å²) in [5, 5.41) is 2.31. The number of aromatic amines is 1. The SMILES string of the molecule is COc1cc2cc(Cc3c[nH]c4ccccc34)c(C)nc2cc1OC. The van der Waals surface area contributed by atoms with Crippen molar-refractivity contribution in [1.29, 1.82) is 0 Å². The van der Waals surface area contributed by atoms with Crippen molar-refractivity contribution in [2.75, 3.05) is 14.2 Å². The van der Waals surface area contributed by atoms with Crippen LogP contribution in [0.3, 0.4) is 0 Å². The van der Waals surface area contributed by atoms with Gasteiger partial charge in [-0.2, -0.15) is 0 Å². The van der Waals surface area contributed by atoms with Crippen LogP contribution < -0.4 is 9.47 Å². The highest BCUT2D eigenvalue weighted by molar-refractivity contribution is 5.85. The average molecular weight is 332 g/mol. The van der Waals surface area contributed by atoms with Crippen LogP contribution in [-0.2, 0) is 6.42 Å². The molecule has 0 radical (unpaired) electrons. The van der Waals surface area contributed by atoms with Crippen molar-refractivity contribution in [2.24, 2.45) is 0 Å². The van der Waals surface area contributed by atoms with Crippen LogP contribution in [0.15, 0.2) is 48.7 Å². The monoisotopic (exact) mass is 332 g/mol. The topological polar surface area (TPSA) is 47.1 Å². The van der Waals surface area contributed by atoms with Crippen LogP contribution >= 0.6 is 0 Å². The van der Waals surface area contributed by atoms with Gasteiger partial charge in [0.2, 0.25) is 0 Å².